The van der Waals surface area contributed by atoms with Crippen molar-refractivity contribution >= 4 is 55.3 Å². The molecular weight excluding hydrogens is 778 g/mol. The third-order valence-electron chi connectivity index (χ3n) is 10.7. The van der Waals surface area contributed by atoms with Gasteiger partial charge in [-0.15, -0.1) is 11.3 Å². The second-order valence-corrected chi connectivity index (χ2v) is 18.5. The highest BCUT2D eigenvalue weighted by Crippen LogP contribution is 2.49. The van der Waals surface area contributed by atoms with E-state index in [9.17, 15) is 14.9 Å². The zero-order valence-electron chi connectivity index (χ0n) is 33.4. The second kappa shape index (κ2) is 14.4. The topological polar surface area (TPSA) is 155 Å². The number of aromatic nitrogens is 3. The number of hydrogen-bond acceptors (Lipinski definition) is 13. The van der Waals surface area contributed by atoms with Gasteiger partial charge in [0.15, 0.2) is 17.3 Å². The molecule has 1 aromatic carbocycles. The SMILES string of the molecule is CN1CCC(F)(COc2nc(N3C4CCC3CN(C(=O)OC(C)(C)C)C4)c3c4c(c(-c5ncc(F)c6sc(NC(=O)OC(C)(C)C)c(C#N)c56)c(F)c3n2)COC4)C1. The maximum atomic E-state index is 17.7. The van der Waals surface area contributed by atoms with Crippen molar-refractivity contribution in [3.63, 3.8) is 0 Å². The Bertz CT molecular complexity index is 2380. The number of anilines is 2. The van der Waals surface area contributed by atoms with E-state index in [1.165, 1.54) is 0 Å². The van der Waals surface area contributed by atoms with Gasteiger partial charge in [-0.05, 0) is 79.0 Å². The number of ether oxygens (including phenoxy) is 4. The fraction of sp³-hybridized carbons (Fsp3) is 0.550. The Morgan fingerprint density at radius 2 is 1.74 bits per heavy atom. The van der Waals surface area contributed by atoms with Gasteiger partial charge in [-0.25, -0.2) is 22.8 Å². The molecule has 1 N–H and O–H groups in total. The van der Waals surface area contributed by atoms with Crippen LogP contribution in [0.4, 0.5) is 33.6 Å². The molecule has 4 aliphatic heterocycles. The highest BCUT2D eigenvalue weighted by atomic mass is 32.1. The van der Waals surface area contributed by atoms with Gasteiger partial charge in [0.2, 0.25) is 0 Å². The molecule has 2 bridgehead atoms. The number of nitriles is 1. The fourth-order valence-corrected chi connectivity index (χ4v) is 9.45. The van der Waals surface area contributed by atoms with Crippen LogP contribution in [0.5, 0.6) is 6.01 Å². The van der Waals surface area contributed by atoms with Crippen molar-refractivity contribution in [3.8, 4) is 23.3 Å². The van der Waals surface area contributed by atoms with Crippen molar-refractivity contribution in [3.05, 3.63) is 34.5 Å². The standard InChI is InChI=1S/C40H45F3N8O6S/c1-38(2,3)56-36(52)48-34-22(12-44)27-30(45-13-25(41)32(27)58-34)26-23-16-54-17-24(23)28-31(29(26)42)46-35(55-19-40(43)10-11-49(7)18-40)47-33(28)51-20-8-9-21(51)15-50(14-20)37(53)57-39(4,5)6/h13,20-21H,8-11,14-19H2,1-7H3,(H,48,52). The third-order valence-corrected chi connectivity index (χ3v) is 11.8. The van der Waals surface area contributed by atoms with Crippen molar-refractivity contribution in [2.45, 2.75) is 103 Å². The third kappa shape index (κ3) is 7.32. The molecule has 58 heavy (non-hydrogen) atoms. The summed E-state index contributed by atoms with van der Waals surface area (Å²) in [6.45, 7) is 11.5. The Balaban J connectivity index is 1.29. The summed E-state index contributed by atoms with van der Waals surface area (Å²) >= 11 is 0.804. The van der Waals surface area contributed by atoms with Crippen LogP contribution >= 0.6 is 11.3 Å². The zero-order chi connectivity index (χ0) is 41.5. The highest BCUT2D eigenvalue weighted by molar-refractivity contribution is 7.23. The number of nitrogens with zero attached hydrogens (tertiary/aromatic N) is 7. The van der Waals surface area contributed by atoms with Gasteiger partial charge in [-0.3, -0.25) is 10.3 Å². The Kier molecular flexibility index (Phi) is 9.87. The number of alkyl halides is 1. The Hall–Kier alpha value is -4.99. The molecular formula is C40H45F3N8O6S. The molecule has 3 unspecified atom stereocenters. The zero-order valence-corrected chi connectivity index (χ0v) is 34.2. The van der Waals surface area contributed by atoms with E-state index < -0.39 is 40.7 Å². The number of hydrogen-bond donors (Lipinski definition) is 1. The van der Waals surface area contributed by atoms with Gasteiger partial charge in [0, 0.05) is 49.2 Å². The van der Waals surface area contributed by atoms with Crippen LogP contribution in [0.15, 0.2) is 6.20 Å². The molecule has 2 amide bonds. The minimum Gasteiger partial charge on any atom is -0.460 e. The second-order valence-electron chi connectivity index (χ2n) is 17.5. The average Bonchev–Trinajstić information content (AvgIpc) is 3.90. The van der Waals surface area contributed by atoms with Gasteiger partial charge in [0.1, 0.15) is 40.2 Å². The number of rotatable bonds is 6. The number of carbonyl (C=O) groups excluding carboxylic acids is 2. The summed E-state index contributed by atoms with van der Waals surface area (Å²) in [5.74, 6) is -1.25. The summed E-state index contributed by atoms with van der Waals surface area (Å²) in [5, 5.41) is 13.3. The number of likely N-dealkylation sites (tertiary alicyclic amines) is 2. The number of carbonyl (C=O) groups is 2. The first-order valence-electron chi connectivity index (χ1n) is 19.2. The van der Waals surface area contributed by atoms with Crippen molar-refractivity contribution in [1.29, 1.82) is 5.26 Å². The molecule has 0 radical (unpaired) electrons. The summed E-state index contributed by atoms with van der Waals surface area (Å²) in [4.78, 5) is 45.4. The van der Waals surface area contributed by atoms with Gasteiger partial charge >= 0.3 is 18.2 Å². The largest absolute Gasteiger partial charge is 0.460 e. The molecule has 8 rings (SSSR count). The number of thiophene rings is 1. The number of nitrogens with one attached hydrogen (secondary N) is 1. The van der Waals surface area contributed by atoms with Crippen molar-refractivity contribution < 1.29 is 41.7 Å². The maximum absolute atomic E-state index is 17.7. The molecule has 14 nitrogen and oxygen atoms in total. The van der Waals surface area contributed by atoms with Crippen LogP contribution in [0.2, 0.25) is 0 Å². The lowest BCUT2D eigenvalue weighted by molar-refractivity contribution is 0.0209. The maximum Gasteiger partial charge on any atom is 0.412 e. The van der Waals surface area contributed by atoms with Gasteiger partial charge in [-0.2, -0.15) is 15.2 Å². The van der Waals surface area contributed by atoms with Crippen LogP contribution in [-0.2, 0) is 27.4 Å². The van der Waals surface area contributed by atoms with E-state index in [1.807, 2.05) is 32.7 Å². The molecule has 0 spiro atoms. The average molecular weight is 823 g/mol. The van der Waals surface area contributed by atoms with E-state index in [0.717, 1.165) is 30.4 Å². The first-order chi connectivity index (χ1) is 27.3. The molecule has 7 heterocycles. The summed E-state index contributed by atoms with van der Waals surface area (Å²) in [7, 11) is 1.82. The van der Waals surface area contributed by atoms with Gasteiger partial charge in [-0.1, -0.05) is 0 Å². The number of amides is 2. The predicted octanol–water partition coefficient (Wildman–Crippen LogP) is 7.44. The van der Waals surface area contributed by atoms with Crippen LogP contribution in [0.25, 0.3) is 32.2 Å². The van der Waals surface area contributed by atoms with Crippen LogP contribution in [-0.4, -0.2) is 106 Å². The number of benzene rings is 1. The lowest BCUT2D eigenvalue weighted by atomic mass is 9.93. The normalized spacial score (nSPS) is 22.1. The van der Waals surface area contributed by atoms with Crippen LogP contribution in [0.3, 0.4) is 0 Å². The molecule has 4 aromatic rings. The molecule has 3 aromatic heterocycles. The van der Waals surface area contributed by atoms with Crippen molar-refractivity contribution in [2.24, 2.45) is 0 Å². The van der Waals surface area contributed by atoms with Gasteiger partial charge in [0.25, 0.3) is 0 Å². The molecule has 3 saturated heterocycles. The Labute approximate surface area is 337 Å². The quantitative estimate of drug-likeness (QED) is 0.206. The number of pyridine rings is 1. The number of piperazine rings is 1. The molecule has 18 heteroatoms. The summed E-state index contributed by atoms with van der Waals surface area (Å²) in [6.07, 6.45) is 1.35. The monoisotopic (exact) mass is 822 g/mol. The molecule has 0 saturated carbocycles. The molecule has 0 aliphatic carbocycles. The molecule has 4 aliphatic rings. The molecule has 3 fully saturated rings. The van der Waals surface area contributed by atoms with Crippen LogP contribution < -0.4 is 15.0 Å². The Morgan fingerprint density at radius 3 is 2.38 bits per heavy atom. The lowest BCUT2D eigenvalue weighted by Crippen LogP contribution is -2.56. The summed E-state index contributed by atoms with van der Waals surface area (Å²) in [6, 6.07) is 1.39. The van der Waals surface area contributed by atoms with Gasteiger partial charge in [0.05, 0.1) is 40.8 Å². The molecule has 308 valence electrons. The van der Waals surface area contributed by atoms with Crippen molar-refractivity contribution in [2.75, 3.05) is 50.1 Å². The van der Waals surface area contributed by atoms with E-state index in [0.29, 0.717) is 42.0 Å². The highest BCUT2D eigenvalue weighted by Gasteiger charge is 2.45. The van der Waals surface area contributed by atoms with E-state index in [2.05, 4.69) is 26.3 Å². The number of fused-ring (bicyclic) bond motifs is 6. The van der Waals surface area contributed by atoms with E-state index in [1.54, 1.807) is 25.7 Å². The van der Waals surface area contributed by atoms with Crippen LogP contribution in [0, 0.1) is 23.0 Å². The Morgan fingerprint density at radius 1 is 1.05 bits per heavy atom. The van der Waals surface area contributed by atoms with E-state index in [-0.39, 0.29) is 88.3 Å². The minimum absolute atomic E-state index is 0.00213. The van der Waals surface area contributed by atoms with Crippen LogP contribution in [0.1, 0.15) is 77.5 Å². The number of halogens is 3. The van der Waals surface area contributed by atoms with E-state index >= 15 is 13.2 Å². The van der Waals surface area contributed by atoms with Crippen molar-refractivity contribution in [1.82, 2.24) is 24.8 Å². The smallest absolute Gasteiger partial charge is 0.412 e. The fourth-order valence-electron chi connectivity index (χ4n) is 8.41. The summed E-state index contributed by atoms with van der Waals surface area (Å²) in [5.41, 5.74) is -2.61. The molecule has 3 atom stereocenters. The first-order valence-corrected chi connectivity index (χ1v) is 20.1. The van der Waals surface area contributed by atoms with E-state index in [4.69, 9.17) is 23.9 Å². The predicted molar refractivity (Wildman–Crippen MR) is 210 cm³/mol. The summed E-state index contributed by atoms with van der Waals surface area (Å²) < 4.78 is 72.2. The minimum atomic E-state index is -1.68. The lowest BCUT2D eigenvalue weighted by Gasteiger charge is -2.42. The van der Waals surface area contributed by atoms with Gasteiger partial charge < -0.3 is 33.6 Å². The first kappa shape index (κ1) is 39.8.